The van der Waals surface area contributed by atoms with Crippen LogP contribution in [0, 0.1) is 0 Å². The summed E-state index contributed by atoms with van der Waals surface area (Å²) in [6.07, 6.45) is 0.212. The highest BCUT2D eigenvalue weighted by Gasteiger charge is 2.46. The van der Waals surface area contributed by atoms with Crippen LogP contribution in [0.25, 0.3) is 0 Å². The van der Waals surface area contributed by atoms with Crippen molar-refractivity contribution in [1.29, 1.82) is 0 Å². The molecule has 3 N–H and O–H groups in total. The summed E-state index contributed by atoms with van der Waals surface area (Å²) < 4.78 is 0. The number of benzene rings is 1. The van der Waals surface area contributed by atoms with E-state index in [2.05, 4.69) is 5.32 Å². The van der Waals surface area contributed by atoms with Gasteiger partial charge >= 0.3 is 12.0 Å². The van der Waals surface area contributed by atoms with Gasteiger partial charge in [-0.3, -0.25) is 14.5 Å². The Labute approximate surface area is 149 Å². The SMILES string of the molecule is O=C(CCN1C(=O)[C@H]2Cc3ccccc3CN2C1=O)N[C@@H](CO)C(=O)O. The molecule has 26 heavy (non-hydrogen) atoms. The first-order valence-corrected chi connectivity index (χ1v) is 8.24. The second-order valence-electron chi connectivity index (χ2n) is 6.28. The molecule has 1 fully saturated rings. The molecule has 1 saturated heterocycles. The number of aliphatic carboxylic acids is 1. The molecule has 0 aromatic heterocycles. The topological polar surface area (TPSA) is 127 Å². The van der Waals surface area contributed by atoms with Gasteiger partial charge in [0, 0.05) is 25.9 Å². The van der Waals surface area contributed by atoms with Crippen LogP contribution in [-0.4, -0.2) is 69.1 Å². The van der Waals surface area contributed by atoms with Crippen LogP contribution in [0.4, 0.5) is 4.79 Å². The van der Waals surface area contributed by atoms with E-state index in [0.29, 0.717) is 13.0 Å². The highest BCUT2D eigenvalue weighted by molar-refractivity contribution is 6.05. The van der Waals surface area contributed by atoms with Crippen LogP contribution in [0.1, 0.15) is 17.5 Å². The number of amides is 4. The highest BCUT2D eigenvalue weighted by atomic mass is 16.4. The van der Waals surface area contributed by atoms with Crippen molar-refractivity contribution in [1.82, 2.24) is 15.1 Å². The maximum atomic E-state index is 12.6. The summed E-state index contributed by atoms with van der Waals surface area (Å²) in [5.41, 5.74) is 2.03. The van der Waals surface area contributed by atoms with Gasteiger partial charge in [-0.25, -0.2) is 9.59 Å². The summed E-state index contributed by atoms with van der Waals surface area (Å²) in [6, 6.07) is 5.20. The van der Waals surface area contributed by atoms with E-state index in [1.807, 2.05) is 24.3 Å². The number of urea groups is 1. The lowest BCUT2D eigenvalue weighted by Crippen LogP contribution is -2.44. The summed E-state index contributed by atoms with van der Waals surface area (Å²) in [6.45, 7) is -0.527. The number of fused-ring (bicyclic) bond motifs is 2. The van der Waals surface area contributed by atoms with Gasteiger partial charge in [0.1, 0.15) is 12.1 Å². The van der Waals surface area contributed by atoms with Crippen LogP contribution in [0.15, 0.2) is 24.3 Å². The van der Waals surface area contributed by atoms with Crippen LogP contribution < -0.4 is 5.32 Å². The van der Waals surface area contributed by atoms with Crippen LogP contribution in [-0.2, 0) is 27.3 Å². The van der Waals surface area contributed by atoms with Crippen molar-refractivity contribution < 1.29 is 29.4 Å². The summed E-state index contributed by atoms with van der Waals surface area (Å²) >= 11 is 0. The first kappa shape index (κ1) is 17.9. The number of carbonyl (C=O) groups is 4. The van der Waals surface area contributed by atoms with Gasteiger partial charge in [0.15, 0.2) is 0 Å². The van der Waals surface area contributed by atoms with Crippen molar-refractivity contribution in [3.63, 3.8) is 0 Å². The van der Waals surface area contributed by atoms with E-state index in [1.54, 1.807) is 0 Å². The summed E-state index contributed by atoms with van der Waals surface area (Å²) in [4.78, 5) is 50.3. The molecule has 0 saturated carbocycles. The number of nitrogens with zero attached hydrogens (tertiary/aromatic N) is 2. The third-order valence-corrected chi connectivity index (χ3v) is 4.65. The van der Waals surface area contributed by atoms with E-state index < -0.39 is 36.6 Å². The molecule has 0 bridgehead atoms. The molecule has 4 amide bonds. The number of carbonyl (C=O) groups excluding carboxylic acids is 3. The average Bonchev–Trinajstić information content (AvgIpc) is 2.86. The second kappa shape index (κ2) is 7.12. The van der Waals surface area contributed by atoms with Gasteiger partial charge in [-0.2, -0.15) is 0 Å². The smallest absolute Gasteiger partial charge is 0.328 e. The largest absolute Gasteiger partial charge is 0.480 e. The number of rotatable bonds is 6. The lowest BCUT2D eigenvalue weighted by molar-refractivity contribution is -0.143. The Kier molecular flexibility index (Phi) is 4.90. The van der Waals surface area contributed by atoms with Crippen molar-refractivity contribution >= 4 is 23.8 Å². The Morgan fingerprint density at radius 1 is 1.23 bits per heavy atom. The number of aliphatic hydroxyl groups excluding tert-OH is 1. The monoisotopic (exact) mass is 361 g/mol. The molecule has 0 spiro atoms. The molecule has 2 atom stereocenters. The molecule has 9 nitrogen and oxygen atoms in total. The van der Waals surface area contributed by atoms with Crippen molar-refractivity contribution in [2.24, 2.45) is 0 Å². The number of carboxylic acids is 1. The normalized spacial score (nSPS) is 19.8. The van der Waals surface area contributed by atoms with Gasteiger partial charge in [0.25, 0.3) is 5.91 Å². The molecule has 0 aliphatic carbocycles. The van der Waals surface area contributed by atoms with Crippen LogP contribution in [0.5, 0.6) is 0 Å². The van der Waals surface area contributed by atoms with Gasteiger partial charge in [-0.05, 0) is 11.1 Å². The summed E-state index contributed by atoms with van der Waals surface area (Å²) in [5.74, 6) is -2.36. The Hall–Kier alpha value is -2.94. The van der Waals surface area contributed by atoms with Crippen LogP contribution in [0.2, 0.25) is 0 Å². The molecule has 138 valence electrons. The summed E-state index contributed by atoms with van der Waals surface area (Å²) in [5, 5.41) is 19.9. The maximum Gasteiger partial charge on any atom is 0.328 e. The highest BCUT2D eigenvalue weighted by Crippen LogP contribution is 2.29. The fourth-order valence-electron chi connectivity index (χ4n) is 3.25. The molecule has 2 aliphatic heterocycles. The molecular weight excluding hydrogens is 342 g/mol. The Morgan fingerprint density at radius 3 is 2.58 bits per heavy atom. The fraction of sp³-hybridized carbons (Fsp3) is 0.412. The zero-order valence-electron chi connectivity index (χ0n) is 13.9. The quantitative estimate of drug-likeness (QED) is 0.577. The third-order valence-electron chi connectivity index (χ3n) is 4.65. The Bertz CT molecular complexity index is 722. The zero-order chi connectivity index (χ0) is 18.8. The molecule has 0 radical (unpaired) electrons. The summed E-state index contributed by atoms with van der Waals surface area (Å²) in [7, 11) is 0. The van der Waals surface area contributed by atoms with E-state index in [0.717, 1.165) is 16.0 Å². The van der Waals surface area contributed by atoms with Crippen molar-refractivity contribution in [2.45, 2.75) is 31.5 Å². The number of imide groups is 1. The van der Waals surface area contributed by atoms with E-state index in [1.165, 1.54) is 4.90 Å². The second-order valence-corrected chi connectivity index (χ2v) is 6.28. The van der Waals surface area contributed by atoms with E-state index in [4.69, 9.17) is 10.2 Å². The predicted molar refractivity (Wildman–Crippen MR) is 87.9 cm³/mol. The van der Waals surface area contributed by atoms with Gasteiger partial charge in [0.05, 0.1) is 6.61 Å². The van der Waals surface area contributed by atoms with E-state index in [-0.39, 0.29) is 18.9 Å². The Morgan fingerprint density at radius 2 is 1.92 bits per heavy atom. The maximum absolute atomic E-state index is 12.6. The standard InChI is InChI=1S/C17H19N3O6/c21-9-12(16(24)25)18-14(22)5-6-19-15(23)13-7-10-3-1-2-4-11(10)8-20(13)17(19)26/h1-4,12-13,21H,5-9H2,(H,18,22)(H,24,25)/t12-,13+/m0/s1. The number of aliphatic hydroxyl groups is 1. The Balaban J connectivity index is 1.62. The molecule has 3 rings (SSSR count). The van der Waals surface area contributed by atoms with Crippen molar-refractivity contribution in [3.05, 3.63) is 35.4 Å². The lowest BCUT2D eigenvalue weighted by Gasteiger charge is -2.28. The molecule has 9 heteroatoms. The van der Waals surface area contributed by atoms with Gasteiger partial charge in [-0.15, -0.1) is 0 Å². The minimum absolute atomic E-state index is 0.134. The molecule has 0 unspecified atom stereocenters. The van der Waals surface area contributed by atoms with Crippen LogP contribution in [0.3, 0.4) is 0 Å². The molecular formula is C17H19N3O6. The van der Waals surface area contributed by atoms with E-state index in [9.17, 15) is 19.2 Å². The van der Waals surface area contributed by atoms with Crippen LogP contribution >= 0.6 is 0 Å². The van der Waals surface area contributed by atoms with Gasteiger partial charge in [-0.1, -0.05) is 24.3 Å². The minimum Gasteiger partial charge on any atom is -0.480 e. The average molecular weight is 361 g/mol. The molecule has 2 aliphatic rings. The number of carboxylic acid groups (broad SMARTS) is 1. The number of hydrogen-bond donors (Lipinski definition) is 3. The van der Waals surface area contributed by atoms with Gasteiger partial charge < -0.3 is 20.4 Å². The molecule has 2 heterocycles. The predicted octanol–water partition coefficient (Wildman–Crippen LogP) is -0.673. The first-order valence-electron chi connectivity index (χ1n) is 8.24. The third kappa shape index (κ3) is 3.25. The van der Waals surface area contributed by atoms with E-state index >= 15 is 0 Å². The lowest BCUT2D eigenvalue weighted by atomic mass is 9.95. The number of nitrogens with one attached hydrogen (secondary N) is 1. The number of hydrogen-bond acceptors (Lipinski definition) is 5. The van der Waals surface area contributed by atoms with Gasteiger partial charge in [0.2, 0.25) is 5.91 Å². The van der Waals surface area contributed by atoms with Crippen molar-refractivity contribution in [2.75, 3.05) is 13.2 Å². The molecule has 1 aromatic rings. The zero-order valence-corrected chi connectivity index (χ0v) is 13.9. The van der Waals surface area contributed by atoms with Crippen molar-refractivity contribution in [3.8, 4) is 0 Å². The fourth-order valence-corrected chi connectivity index (χ4v) is 3.25. The molecule has 1 aromatic carbocycles. The minimum atomic E-state index is -1.41. The first-order chi connectivity index (χ1) is 12.4.